The summed E-state index contributed by atoms with van der Waals surface area (Å²) >= 11 is 0. The van der Waals surface area contributed by atoms with Gasteiger partial charge in [0.25, 0.3) is 0 Å². The lowest BCUT2D eigenvalue weighted by atomic mass is 10.1. The molecule has 1 rings (SSSR count). The van der Waals surface area contributed by atoms with Crippen molar-refractivity contribution in [1.29, 1.82) is 0 Å². The fourth-order valence-corrected chi connectivity index (χ4v) is 1.44. The molecule has 2 N–H and O–H groups in total. The Balaban J connectivity index is 3.01. The Morgan fingerprint density at radius 1 is 1.44 bits per heavy atom. The van der Waals surface area contributed by atoms with Gasteiger partial charge in [-0.1, -0.05) is 13.8 Å². The van der Waals surface area contributed by atoms with Crippen LogP contribution in [-0.4, -0.2) is 42.5 Å². The summed E-state index contributed by atoms with van der Waals surface area (Å²) in [4.78, 5) is 11.0. The van der Waals surface area contributed by atoms with Crippen LogP contribution in [0.25, 0.3) is 0 Å². The zero-order valence-electron chi connectivity index (χ0n) is 9.53. The van der Waals surface area contributed by atoms with E-state index in [9.17, 15) is 9.90 Å². The molecule has 0 amide bonds. The average Bonchev–Trinajstić information content (AvgIpc) is 2.50. The number of carbonyl (C=O) groups is 1. The van der Waals surface area contributed by atoms with Gasteiger partial charge >= 0.3 is 5.97 Å². The molecule has 0 spiro atoms. The van der Waals surface area contributed by atoms with E-state index < -0.39 is 18.1 Å². The summed E-state index contributed by atoms with van der Waals surface area (Å²) in [7, 11) is 0. The normalized spacial score (nSPS) is 15.1. The van der Waals surface area contributed by atoms with Crippen molar-refractivity contribution in [2.75, 3.05) is 0 Å². The van der Waals surface area contributed by atoms with Gasteiger partial charge in [-0.2, -0.15) is 0 Å². The zero-order chi connectivity index (χ0) is 12.3. The van der Waals surface area contributed by atoms with Crippen LogP contribution in [0, 0.1) is 5.92 Å². The van der Waals surface area contributed by atoms with E-state index in [-0.39, 0.29) is 0 Å². The Morgan fingerprint density at radius 3 is 2.50 bits per heavy atom. The number of aromatic nitrogens is 4. The minimum atomic E-state index is -1.15. The van der Waals surface area contributed by atoms with Gasteiger partial charge in [-0.3, -0.25) is 0 Å². The van der Waals surface area contributed by atoms with Crippen molar-refractivity contribution in [3.63, 3.8) is 0 Å². The summed E-state index contributed by atoms with van der Waals surface area (Å²) in [5.74, 6) is -0.358. The molecule has 0 fully saturated rings. The molecule has 7 heteroatoms. The molecule has 0 aliphatic carbocycles. The van der Waals surface area contributed by atoms with Gasteiger partial charge in [-0.15, -0.1) is 5.10 Å². The molecule has 1 aromatic heterocycles. The van der Waals surface area contributed by atoms with Gasteiger partial charge in [-0.25, -0.2) is 9.48 Å². The first-order valence-corrected chi connectivity index (χ1v) is 5.11. The summed E-state index contributed by atoms with van der Waals surface area (Å²) < 4.78 is 1.17. The minimum absolute atomic E-state index is 0.313. The Bertz CT molecular complexity index is 361. The number of rotatable bonds is 5. The molecule has 2 atom stereocenters. The number of tetrazole rings is 1. The fraction of sp³-hybridized carbons (Fsp3) is 0.778. The molecule has 0 saturated carbocycles. The van der Waals surface area contributed by atoms with Crippen LogP contribution in [-0.2, 0) is 11.2 Å². The molecule has 1 aromatic rings. The van der Waals surface area contributed by atoms with Crippen molar-refractivity contribution in [1.82, 2.24) is 20.2 Å². The van der Waals surface area contributed by atoms with Crippen LogP contribution < -0.4 is 0 Å². The average molecular weight is 228 g/mol. The third-order valence-corrected chi connectivity index (χ3v) is 2.13. The number of aliphatic hydroxyl groups excluding tert-OH is 1. The highest BCUT2D eigenvalue weighted by molar-refractivity contribution is 5.72. The summed E-state index contributed by atoms with van der Waals surface area (Å²) in [5, 5.41) is 29.3. The van der Waals surface area contributed by atoms with E-state index in [1.54, 1.807) is 0 Å². The Hall–Kier alpha value is -1.50. The van der Waals surface area contributed by atoms with Gasteiger partial charge in [0.2, 0.25) is 0 Å². The van der Waals surface area contributed by atoms with Crippen LogP contribution in [0.2, 0.25) is 0 Å². The Kier molecular flexibility index (Phi) is 3.94. The molecular formula is C9H16N4O3. The van der Waals surface area contributed by atoms with Crippen LogP contribution >= 0.6 is 0 Å². The number of nitrogens with zero attached hydrogens (tertiary/aromatic N) is 4. The molecule has 90 valence electrons. The standard InChI is InChI=1S/C9H16N4O3/c1-5(2)4-7-10-11-12-13(7)8(6(3)14)9(15)16/h5-6,8,14H,4H2,1-3H3,(H,15,16). The van der Waals surface area contributed by atoms with E-state index in [1.807, 2.05) is 13.8 Å². The summed E-state index contributed by atoms with van der Waals surface area (Å²) in [6.45, 7) is 5.37. The zero-order valence-corrected chi connectivity index (χ0v) is 9.53. The highest BCUT2D eigenvalue weighted by Crippen LogP contribution is 2.14. The first kappa shape index (κ1) is 12.6. The van der Waals surface area contributed by atoms with Gasteiger partial charge < -0.3 is 10.2 Å². The molecule has 2 unspecified atom stereocenters. The molecule has 1 heterocycles. The van der Waals surface area contributed by atoms with E-state index in [1.165, 1.54) is 11.6 Å². The number of aliphatic hydroxyl groups is 1. The maximum atomic E-state index is 11.0. The van der Waals surface area contributed by atoms with Gasteiger partial charge in [0.1, 0.15) is 0 Å². The number of hydrogen-bond acceptors (Lipinski definition) is 5. The van der Waals surface area contributed by atoms with Crippen molar-refractivity contribution in [3.05, 3.63) is 5.82 Å². The third kappa shape index (κ3) is 2.75. The molecule has 0 radical (unpaired) electrons. The summed E-state index contributed by atoms with van der Waals surface area (Å²) in [6, 6.07) is -1.14. The predicted octanol–water partition coefficient (Wildman–Crippen LogP) is -0.122. The molecular weight excluding hydrogens is 212 g/mol. The highest BCUT2D eigenvalue weighted by atomic mass is 16.4. The number of carboxylic acid groups (broad SMARTS) is 1. The van der Waals surface area contributed by atoms with Crippen LogP contribution in [0.3, 0.4) is 0 Å². The van der Waals surface area contributed by atoms with Crippen molar-refractivity contribution in [3.8, 4) is 0 Å². The van der Waals surface area contributed by atoms with Crippen molar-refractivity contribution >= 4 is 5.97 Å². The maximum Gasteiger partial charge on any atom is 0.331 e. The van der Waals surface area contributed by atoms with Gasteiger partial charge in [-0.05, 0) is 23.3 Å². The lowest BCUT2D eigenvalue weighted by Crippen LogP contribution is -2.31. The second kappa shape index (κ2) is 5.02. The summed E-state index contributed by atoms with van der Waals surface area (Å²) in [5.41, 5.74) is 0. The van der Waals surface area contributed by atoms with E-state index in [0.717, 1.165) is 0 Å². The van der Waals surface area contributed by atoms with E-state index in [2.05, 4.69) is 15.5 Å². The van der Waals surface area contributed by atoms with Gasteiger partial charge in [0, 0.05) is 6.42 Å². The second-order valence-corrected chi connectivity index (χ2v) is 4.16. The molecule has 0 aliphatic heterocycles. The van der Waals surface area contributed by atoms with Crippen LogP contribution in [0.15, 0.2) is 0 Å². The first-order valence-electron chi connectivity index (χ1n) is 5.11. The monoisotopic (exact) mass is 228 g/mol. The van der Waals surface area contributed by atoms with E-state index in [0.29, 0.717) is 18.2 Å². The second-order valence-electron chi connectivity index (χ2n) is 4.16. The largest absolute Gasteiger partial charge is 0.480 e. The maximum absolute atomic E-state index is 11.0. The summed E-state index contributed by atoms with van der Waals surface area (Å²) in [6.07, 6.45) is -0.476. The first-order chi connectivity index (χ1) is 7.43. The number of hydrogen-bond donors (Lipinski definition) is 2. The van der Waals surface area contributed by atoms with Crippen LogP contribution in [0.5, 0.6) is 0 Å². The Labute approximate surface area is 93.1 Å². The van der Waals surface area contributed by atoms with Gasteiger partial charge in [0.05, 0.1) is 6.10 Å². The van der Waals surface area contributed by atoms with Crippen LogP contribution in [0.4, 0.5) is 0 Å². The smallest absolute Gasteiger partial charge is 0.331 e. The molecule has 16 heavy (non-hydrogen) atoms. The molecule has 0 aliphatic rings. The van der Waals surface area contributed by atoms with E-state index in [4.69, 9.17) is 5.11 Å². The topological polar surface area (TPSA) is 101 Å². The van der Waals surface area contributed by atoms with E-state index >= 15 is 0 Å². The predicted molar refractivity (Wildman–Crippen MR) is 54.7 cm³/mol. The SMILES string of the molecule is CC(C)Cc1nnnn1C(C(=O)O)C(C)O. The lowest BCUT2D eigenvalue weighted by Gasteiger charge is -2.16. The molecule has 0 aromatic carbocycles. The number of carboxylic acids is 1. The lowest BCUT2D eigenvalue weighted by molar-refractivity contribution is -0.144. The molecule has 0 saturated heterocycles. The molecule has 0 bridgehead atoms. The third-order valence-electron chi connectivity index (χ3n) is 2.13. The van der Waals surface area contributed by atoms with Crippen LogP contribution in [0.1, 0.15) is 32.6 Å². The highest BCUT2D eigenvalue weighted by Gasteiger charge is 2.29. The Morgan fingerprint density at radius 2 is 2.06 bits per heavy atom. The van der Waals surface area contributed by atoms with Crippen molar-refractivity contribution in [2.45, 2.75) is 39.3 Å². The molecule has 7 nitrogen and oxygen atoms in total. The minimum Gasteiger partial charge on any atom is -0.480 e. The van der Waals surface area contributed by atoms with Crippen molar-refractivity contribution in [2.24, 2.45) is 5.92 Å². The fourth-order valence-electron chi connectivity index (χ4n) is 1.44. The van der Waals surface area contributed by atoms with Crippen molar-refractivity contribution < 1.29 is 15.0 Å². The quantitative estimate of drug-likeness (QED) is 0.728. The number of aliphatic carboxylic acids is 1. The van der Waals surface area contributed by atoms with Gasteiger partial charge in [0.15, 0.2) is 11.9 Å².